The van der Waals surface area contributed by atoms with Crippen molar-refractivity contribution in [3.05, 3.63) is 35.8 Å². The van der Waals surface area contributed by atoms with Gasteiger partial charge in [0.15, 0.2) is 0 Å². The van der Waals surface area contributed by atoms with Crippen LogP contribution in [0.15, 0.2) is 23.1 Å². The Morgan fingerprint density at radius 2 is 2.41 bits per heavy atom. The second-order valence-electron chi connectivity index (χ2n) is 3.88. The van der Waals surface area contributed by atoms with Crippen LogP contribution in [0.4, 0.5) is 0 Å². The van der Waals surface area contributed by atoms with Crippen molar-refractivity contribution in [2.75, 3.05) is 0 Å². The molecule has 0 aromatic carbocycles. The third kappa shape index (κ3) is 2.37. The summed E-state index contributed by atoms with van der Waals surface area (Å²) < 4.78 is 7.15. The lowest BCUT2D eigenvalue weighted by Gasteiger charge is -2.15. The van der Waals surface area contributed by atoms with Crippen LogP contribution in [0.3, 0.4) is 0 Å². The van der Waals surface area contributed by atoms with Crippen LogP contribution in [0.5, 0.6) is 0 Å². The van der Waals surface area contributed by atoms with E-state index in [0.29, 0.717) is 6.42 Å². The molecule has 0 saturated carbocycles. The van der Waals surface area contributed by atoms with Crippen LogP contribution in [0.25, 0.3) is 0 Å². The number of nitrogens with one attached hydrogen (secondary N) is 1. The quantitative estimate of drug-likeness (QED) is 0.589. The highest BCUT2D eigenvalue weighted by Crippen LogP contribution is 2.22. The maximum absolute atomic E-state index is 5.61. The van der Waals surface area contributed by atoms with Crippen molar-refractivity contribution < 1.29 is 4.42 Å². The Balaban J connectivity index is 2.20. The summed E-state index contributed by atoms with van der Waals surface area (Å²) in [7, 11) is 1.87. The van der Waals surface area contributed by atoms with Crippen LogP contribution in [-0.4, -0.2) is 14.8 Å². The van der Waals surface area contributed by atoms with Crippen LogP contribution in [0, 0.1) is 0 Å². The standard InChI is InChI=1S/C11H17N5O/c1-3-10-8(4-5-17-10)9(15-12)6-11-13-7-14-16(11)2/h4-5,7,9,15H,3,6,12H2,1-2H3. The SMILES string of the molecule is CCc1occc1C(Cc1ncnn1C)NN. The molecule has 2 aromatic heterocycles. The summed E-state index contributed by atoms with van der Waals surface area (Å²) in [6, 6.07) is 1.94. The molecule has 0 saturated heterocycles. The average Bonchev–Trinajstić information content (AvgIpc) is 2.95. The Bertz CT molecular complexity index is 476. The number of hydrogen-bond acceptors (Lipinski definition) is 5. The zero-order valence-corrected chi connectivity index (χ0v) is 10.1. The Kier molecular flexibility index (Phi) is 3.55. The minimum atomic E-state index is -0.00778. The van der Waals surface area contributed by atoms with E-state index in [9.17, 15) is 0 Å². The monoisotopic (exact) mass is 235 g/mol. The van der Waals surface area contributed by atoms with Gasteiger partial charge in [-0.15, -0.1) is 0 Å². The number of hydrogen-bond donors (Lipinski definition) is 2. The first-order valence-electron chi connectivity index (χ1n) is 5.61. The molecule has 0 aliphatic carbocycles. The Morgan fingerprint density at radius 1 is 1.59 bits per heavy atom. The maximum Gasteiger partial charge on any atom is 0.138 e. The van der Waals surface area contributed by atoms with E-state index in [4.69, 9.17) is 10.3 Å². The largest absolute Gasteiger partial charge is 0.469 e. The van der Waals surface area contributed by atoms with Crippen molar-refractivity contribution in [2.45, 2.75) is 25.8 Å². The lowest BCUT2D eigenvalue weighted by molar-refractivity contribution is 0.479. The van der Waals surface area contributed by atoms with Gasteiger partial charge < -0.3 is 4.42 Å². The normalized spacial score (nSPS) is 12.9. The van der Waals surface area contributed by atoms with Crippen molar-refractivity contribution in [1.82, 2.24) is 20.2 Å². The summed E-state index contributed by atoms with van der Waals surface area (Å²) >= 11 is 0. The molecule has 1 unspecified atom stereocenters. The molecule has 0 spiro atoms. The maximum atomic E-state index is 5.61. The van der Waals surface area contributed by atoms with E-state index in [2.05, 4.69) is 22.4 Å². The van der Waals surface area contributed by atoms with Crippen LogP contribution in [0.2, 0.25) is 0 Å². The Labute approximate surface area is 99.8 Å². The van der Waals surface area contributed by atoms with Gasteiger partial charge in [0.1, 0.15) is 17.9 Å². The summed E-state index contributed by atoms with van der Waals surface area (Å²) in [6.07, 6.45) is 4.76. The van der Waals surface area contributed by atoms with Gasteiger partial charge in [0.05, 0.1) is 12.3 Å². The minimum Gasteiger partial charge on any atom is -0.469 e. The van der Waals surface area contributed by atoms with Crippen LogP contribution >= 0.6 is 0 Å². The molecule has 0 amide bonds. The molecule has 2 heterocycles. The van der Waals surface area contributed by atoms with Gasteiger partial charge in [0.2, 0.25) is 0 Å². The highest BCUT2D eigenvalue weighted by atomic mass is 16.3. The van der Waals surface area contributed by atoms with E-state index in [0.717, 1.165) is 23.6 Å². The number of nitrogens with two attached hydrogens (primary N) is 1. The van der Waals surface area contributed by atoms with E-state index >= 15 is 0 Å². The molecular formula is C11H17N5O. The molecule has 0 aliphatic heterocycles. The zero-order valence-electron chi connectivity index (χ0n) is 10.1. The number of aryl methyl sites for hydroxylation is 2. The summed E-state index contributed by atoms with van der Waals surface area (Å²) in [4.78, 5) is 4.19. The molecule has 17 heavy (non-hydrogen) atoms. The van der Waals surface area contributed by atoms with Crippen molar-refractivity contribution in [3.8, 4) is 0 Å². The summed E-state index contributed by atoms with van der Waals surface area (Å²) in [6.45, 7) is 2.05. The third-order valence-corrected chi connectivity index (χ3v) is 2.87. The van der Waals surface area contributed by atoms with E-state index in [1.54, 1.807) is 17.3 Å². The average molecular weight is 235 g/mol. The highest BCUT2D eigenvalue weighted by molar-refractivity contribution is 5.22. The van der Waals surface area contributed by atoms with Crippen molar-refractivity contribution in [1.29, 1.82) is 0 Å². The molecule has 0 radical (unpaired) electrons. The Morgan fingerprint density at radius 3 is 3.00 bits per heavy atom. The van der Waals surface area contributed by atoms with E-state index < -0.39 is 0 Å². The first-order valence-corrected chi connectivity index (χ1v) is 5.61. The molecule has 2 rings (SSSR count). The molecule has 0 aliphatic rings. The fraction of sp³-hybridized carbons (Fsp3) is 0.455. The van der Waals surface area contributed by atoms with Crippen LogP contribution in [-0.2, 0) is 19.9 Å². The van der Waals surface area contributed by atoms with Crippen LogP contribution in [0.1, 0.15) is 30.1 Å². The highest BCUT2D eigenvalue weighted by Gasteiger charge is 2.18. The van der Waals surface area contributed by atoms with Gasteiger partial charge in [0, 0.05) is 25.5 Å². The second kappa shape index (κ2) is 5.11. The molecule has 6 heteroatoms. The number of hydrazine groups is 1. The van der Waals surface area contributed by atoms with E-state index in [1.807, 2.05) is 13.1 Å². The van der Waals surface area contributed by atoms with Crippen molar-refractivity contribution >= 4 is 0 Å². The van der Waals surface area contributed by atoms with Crippen molar-refractivity contribution in [3.63, 3.8) is 0 Å². The summed E-state index contributed by atoms with van der Waals surface area (Å²) in [5, 5.41) is 4.04. The topological polar surface area (TPSA) is 81.9 Å². The predicted octanol–water partition coefficient (Wildman–Crippen LogP) is 0.718. The fourth-order valence-electron chi connectivity index (χ4n) is 1.89. The summed E-state index contributed by atoms with van der Waals surface area (Å²) in [5.41, 5.74) is 3.89. The minimum absolute atomic E-state index is 0.00778. The van der Waals surface area contributed by atoms with Crippen LogP contribution < -0.4 is 11.3 Å². The number of furan rings is 1. The molecule has 0 fully saturated rings. The van der Waals surface area contributed by atoms with Gasteiger partial charge in [-0.1, -0.05) is 6.92 Å². The number of aromatic nitrogens is 3. The van der Waals surface area contributed by atoms with E-state index in [-0.39, 0.29) is 6.04 Å². The molecule has 6 nitrogen and oxygen atoms in total. The molecule has 1 atom stereocenters. The molecule has 92 valence electrons. The van der Waals surface area contributed by atoms with Gasteiger partial charge in [-0.05, 0) is 6.07 Å². The Hall–Kier alpha value is -1.66. The fourth-order valence-corrected chi connectivity index (χ4v) is 1.89. The second-order valence-corrected chi connectivity index (χ2v) is 3.88. The molecular weight excluding hydrogens is 218 g/mol. The first kappa shape index (κ1) is 11.8. The van der Waals surface area contributed by atoms with Gasteiger partial charge in [0.25, 0.3) is 0 Å². The number of rotatable bonds is 5. The lowest BCUT2D eigenvalue weighted by atomic mass is 10.0. The van der Waals surface area contributed by atoms with Gasteiger partial charge in [-0.2, -0.15) is 5.10 Å². The van der Waals surface area contributed by atoms with Gasteiger partial charge in [-0.25, -0.2) is 4.98 Å². The van der Waals surface area contributed by atoms with Gasteiger partial charge in [-0.3, -0.25) is 16.0 Å². The number of nitrogens with zero attached hydrogens (tertiary/aromatic N) is 3. The lowest BCUT2D eigenvalue weighted by Crippen LogP contribution is -2.30. The van der Waals surface area contributed by atoms with Gasteiger partial charge >= 0.3 is 0 Å². The van der Waals surface area contributed by atoms with Crippen molar-refractivity contribution in [2.24, 2.45) is 12.9 Å². The first-order chi connectivity index (χ1) is 8.26. The zero-order chi connectivity index (χ0) is 12.3. The summed E-state index contributed by atoms with van der Waals surface area (Å²) in [5.74, 6) is 7.44. The predicted molar refractivity (Wildman–Crippen MR) is 62.9 cm³/mol. The molecule has 0 bridgehead atoms. The molecule has 2 aromatic rings. The van der Waals surface area contributed by atoms with E-state index in [1.165, 1.54) is 0 Å². The molecule has 3 N–H and O–H groups in total. The third-order valence-electron chi connectivity index (χ3n) is 2.87. The smallest absolute Gasteiger partial charge is 0.138 e.